The molecule has 0 spiro atoms. The van der Waals surface area contributed by atoms with Gasteiger partial charge in [0, 0.05) is 5.25 Å². The summed E-state index contributed by atoms with van der Waals surface area (Å²) >= 11 is 1.78. The maximum absolute atomic E-state index is 9.09. The van der Waals surface area contributed by atoms with Crippen LogP contribution in [0.3, 0.4) is 0 Å². The number of aliphatic hydroxyl groups is 1. The van der Waals surface area contributed by atoms with Crippen LogP contribution >= 0.6 is 11.8 Å². The molecule has 0 aliphatic rings. The summed E-state index contributed by atoms with van der Waals surface area (Å²) in [7, 11) is 0. The molecule has 1 nitrogen and oxygen atoms in total. The van der Waals surface area contributed by atoms with Gasteiger partial charge in [-0.05, 0) is 44.8 Å². The molecule has 0 rings (SSSR count). The number of aliphatic hydroxyl groups excluding tert-OH is 1. The molecule has 21 heavy (non-hydrogen) atoms. The summed E-state index contributed by atoms with van der Waals surface area (Å²) in [5.74, 6) is 0. The molecular weight excluding hydrogens is 276 g/mol. The molecule has 1 unspecified atom stereocenters. The Balaban J connectivity index is 3.31. The van der Waals surface area contributed by atoms with Crippen LogP contribution in [0.25, 0.3) is 0 Å². The quantitative estimate of drug-likeness (QED) is 0.318. The third kappa shape index (κ3) is 15.7. The second kappa shape index (κ2) is 17.6. The maximum Gasteiger partial charge on any atom is 0.0549 e. The van der Waals surface area contributed by atoms with E-state index in [2.05, 4.69) is 49.6 Å². The number of unbranched alkanes of at least 4 members (excludes halogenated alkanes) is 4. The van der Waals surface area contributed by atoms with E-state index in [-0.39, 0.29) is 0 Å². The molecule has 0 bridgehead atoms. The van der Waals surface area contributed by atoms with Crippen molar-refractivity contribution in [2.45, 2.75) is 70.0 Å². The predicted octanol–water partition coefficient (Wildman–Crippen LogP) is 5.91. The van der Waals surface area contributed by atoms with Crippen molar-refractivity contribution < 1.29 is 5.11 Å². The van der Waals surface area contributed by atoms with Crippen LogP contribution in [0.1, 0.15) is 64.7 Å². The van der Waals surface area contributed by atoms with Crippen molar-refractivity contribution in [2.75, 3.05) is 12.9 Å². The number of hydrogen-bond acceptors (Lipinski definition) is 2. The molecule has 0 aromatic rings. The summed E-state index contributed by atoms with van der Waals surface area (Å²) in [4.78, 5) is 0. The van der Waals surface area contributed by atoms with E-state index >= 15 is 0 Å². The van der Waals surface area contributed by atoms with Gasteiger partial charge in [0.25, 0.3) is 0 Å². The molecular formula is C19H34OS. The predicted molar refractivity (Wildman–Crippen MR) is 99.0 cm³/mol. The van der Waals surface area contributed by atoms with E-state index in [0.717, 1.165) is 25.7 Å². The van der Waals surface area contributed by atoms with Crippen LogP contribution in [0.2, 0.25) is 0 Å². The molecule has 0 fully saturated rings. The number of hydrogen-bond donors (Lipinski definition) is 1. The van der Waals surface area contributed by atoms with Crippen molar-refractivity contribution in [1.82, 2.24) is 0 Å². The minimum absolute atomic E-state index is 0.325. The molecule has 1 N–H and O–H groups in total. The fourth-order valence-electron chi connectivity index (χ4n) is 2.10. The van der Waals surface area contributed by atoms with Crippen LogP contribution in [0.5, 0.6) is 0 Å². The smallest absolute Gasteiger partial charge is 0.0549 e. The van der Waals surface area contributed by atoms with Gasteiger partial charge in [-0.1, -0.05) is 62.6 Å². The average Bonchev–Trinajstić information content (AvgIpc) is 2.51. The minimum atomic E-state index is 0.325. The van der Waals surface area contributed by atoms with E-state index in [1.54, 1.807) is 11.8 Å². The summed E-state index contributed by atoms with van der Waals surface area (Å²) in [6.45, 7) is 2.49. The normalized spacial score (nSPS) is 13.9. The van der Waals surface area contributed by atoms with Gasteiger partial charge in [0.2, 0.25) is 0 Å². The van der Waals surface area contributed by atoms with E-state index < -0.39 is 0 Å². The second-order valence-corrected chi connectivity index (χ2v) is 6.46. The van der Waals surface area contributed by atoms with Crippen molar-refractivity contribution in [2.24, 2.45) is 0 Å². The highest BCUT2D eigenvalue weighted by Crippen LogP contribution is 2.15. The summed E-state index contributed by atoms with van der Waals surface area (Å²) in [5, 5.41) is 9.54. The van der Waals surface area contributed by atoms with E-state index in [9.17, 15) is 0 Å². The Hall–Kier alpha value is -0.470. The molecule has 2 heteroatoms. The molecule has 122 valence electrons. The van der Waals surface area contributed by atoms with Gasteiger partial charge in [0.05, 0.1) is 6.61 Å². The van der Waals surface area contributed by atoms with Crippen molar-refractivity contribution in [1.29, 1.82) is 0 Å². The first-order valence-electron chi connectivity index (χ1n) is 8.43. The van der Waals surface area contributed by atoms with Crippen molar-refractivity contribution in [3.63, 3.8) is 0 Å². The number of allylic oxidation sites excluding steroid dienone is 6. The van der Waals surface area contributed by atoms with E-state index in [0.29, 0.717) is 11.9 Å². The molecule has 0 radical (unpaired) electrons. The minimum Gasteiger partial charge on any atom is -0.395 e. The standard InChI is InChI=1S/C19H34OS/c1-3-4-5-6-7-8-9-10-11-12-13-14-15-16-17-19(18-20)21-2/h4-5,7-8,10-11,19-20H,3,6,9,12-18H2,1-2H3/b5-4-,8-7-,11-10-. The van der Waals surface area contributed by atoms with Crippen molar-refractivity contribution in [3.05, 3.63) is 36.5 Å². The molecule has 0 amide bonds. The highest BCUT2D eigenvalue weighted by molar-refractivity contribution is 7.99. The van der Waals surface area contributed by atoms with Crippen LogP contribution in [0.4, 0.5) is 0 Å². The van der Waals surface area contributed by atoms with Gasteiger partial charge in [0.1, 0.15) is 0 Å². The monoisotopic (exact) mass is 310 g/mol. The lowest BCUT2D eigenvalue weighted by atomic mass is 10.1. The summed E-state index contributed by atoms with van der Waals surface area (Å²) in [5.41, 5.74) is 0. The van der Waals surface area contributed by atoms with Gasteiger partial charge in [-0.15, -0.1) is 0 Å². The van der Waals surface area contributed by atoms with Crippen LogP contribution in [-0.4, -0.2) is 23.2 Å². The SMILES string of the molecule is CC/C=C\C/C=C\C/C=C\CCCCCCC(CO)SC. The molecule has 0 saturated heterocycles. The Morgan fingerprint density at radius 3 is 2.10 bits per heavy atom. The number of rotatable bonds is 14. The van der Waals surface area contributed by atoms with E-state index in [1.165, 1.54) is 32.1 Å². The van der Waals surface area contributed by atoms with Crippen molar-refractivity contribution in [3.8, 4) is 0 Å². The van der Waals surface area contributed by atoms with E-state index in [1.807, 2.05) is 0 Å². The first kappa shape index (κ1) is 20.5. The average molecular weight is 311 g/mol. The van der Waals surface area contributed by atoms with Gasteiger partial charge < -0.3 is 5.11 Å². The summed E-state index contributed by atoms with van der Waals surface area (Å²) < 4.78 is 0. The molecule has 0 aliphatic heterocycles. The lowest BCUT2D eigenvalue weighted by Crippen LogP contribution is -2.07. The highest BCUT2D eigenvalue weighted by atomic mass is 32.2. The zero-order valence-electron chi connectivity index (χ0n) is 14.0. The molecule has 1 atom stereocenters. The van der Waals surface area contributed by atoms with Gasteiger partial charge >= 0.3 is 0 Å². The largest absolute Gasteiger partial charge is 0.395 e. The van der Waals surface area contributed by atoms with E-state index in [4.69, 9.17) is 5.11 Å². The van der Waals surface area contributed by atoms with Gasteiger partial charge in [-0.2, -0.15) is 11.8 Å². The first-order valence-corrected chi connectivity index (χ1v) is 9.72. The third-order valence-corrected chi connectivity index (χ3v) is 4.52. The summed E-state index contributed by atoms with van der Waals surface area (Å²) in [6, 6.07) is 0. The Morgan fingerprint density at radius 2 is 1.48 bits per heavy atom. The lowest BCUT2D eigenvalue weighted by molar-refractivity contribution is 0.288. The lowest BCUT2D eigenvalue weighted by Gasteiger charge is -2.09. The zero-order chi connectivity index (χ0) is 15.6. The van der Waals surface area contributed by atoms with Crippen LogP contribution in [0.15, 0.2) is 36.5 Å². The molecule has 0 aromatic carbocycles. The molecule has 0 heterocycles. The second-order valence-electron chi connectivity index (χ2n) is 5.33. The van der Waals surface area contributed by atoms with Crippen LogP contribution in [-0.2, 0) is 0 Å². The molecule has 0 aromatic heterocycles. The Kier molecular flexibility index (Phi) is 17.2. The van der Waals surface area contributed by atoms with Crippen LogP contribution in [0, 0.1) is 0 Å². The van der Waals surface area contributed by atoms with Gasteiger partial charge in [-0.25, -0.2) is 0 Å². The fourth-order valence-corrected chi connectivity index (χ4v) is 2.65. The highest BCUT2D eigenvalue weighted by Gasteiger charge is 2.03. The molecule has 0 aliphatic carbocycles. The Bertz CT molecular complexity index is 277. The topological polar surface area (TPSA) is 20.2 Å². The Labute approximate surface area is 136 Å². The fraction of sp³-hybridized carbons (Fsp3) is 0.684. The first-order chi connectivity index (χ1) is 10.3. The summed E-state index contributed by atoms with van der Waals surface area (Å²) in [6.07, 6.45) is 26.4. The van der Waals surface area contributed by atoms with Gasteiger partial charge in [-0.3, -0.25) is 0 Å². The van der Waals surface area contributed by atoms with Crippen LogP contribution < -0.4 is 0 Å². The maximum atomic E-state index is 9.09. The van der Waals surface area contributed by atoms with Gasteiger partial charge in [0.15, 0.2) is 0 Å². The van der Waals surface area contributed by atoms with Crippen molar-refractivity contribution >= 4 is 11.8 Å². The third-order valence-electron chi connectivity index (χ3n) is 3.46. The Morgan fingerprint density at radius 1 is 0.857 bits per heavy atom. The number of thioether (sulfide) groups is 1. The molecule has 0 saturated carbocycles. The zero-order valence-corrected chi connectivity index (χ0v) is 14.8.